The summed E-state index contributed by atoms with van der Waals surface area (Å²) in [6, 6.07) is 6.99. The Labute approximate surface area is 137 Å². The monoisotopic (exact) mass is 325 g/mol. The summed E-state index contributed by atoms with van der Waals surface area (Å²) in [6.45, 7) is 4.47. The largest absolute Gasteiger partial charge is 0.496 e. The van der Waals surface area contributed by atoms with Gasteiger partial charge in [-0.3, -0.25) is 0 Å². The number of thioether (sulfide) groups is 2. The minimum atomic E-state index is 0.503. The molecule has 1 heterocycles. The molecule has 3 unspecified atom stereocenters. The molecule has 0 aromatic heterocycles. The van der Waals surface area contributed by atoms with Crippen LogP contribution in [-0.4, -0.2) is 42.2 Å². The van der Waals surface area contributed by atoms with Crippen LogP contribution < -0.4 is 10.1 Å². The number of rotatable bonds is 6. The Morgan fingerprint density at radius 2 is 2.10 bits per heavy atom. The summed E-state index contributed by atoms with van der Waals surface area (Å²) in [6.07, 6.45) is 2.29. The van der Waals surface area contributed by atoms with E-state index in [-0.39, 0.29) is 0 Å². The fraction of sp³-hybridized carbons (Fsp3) is 0.647. The highest BCUT2D eigenvalue weighted by molar-refractivity contribution is 8.07. The molecular formula is C17H27NOS2. The first kappa shape index (κ1) is 17.0. The molecular weight excluding hydrogens is 298 g/mol. The molecule has 1 aromatic carbocycles. The van der Waals surface area contributed by atoms with E-state index in [0.29, 0.717) is 11.3 Å². The van der Waals surface area contributed by atoms with Crippen LogP contribution in [0.5, 0.6) is 5.75 Å². The van der Waals surface area contributed by atoms with Gasteiger partial charge in [0.2, 0.25) is 0 Å². The van der Waals surface area contributed by atoms with Crippen molar-refractivity contribution in [2.75, 3.05) is 25.7 Å². The Kier molecular flexibility index (Phi) is 6.77. The molecule has 0 bridgehead atoms. The lowest BCUT2D eigenvalue weighted by atomic mass is 9.98. The Morgan fingerprint density at radius 3 is 2.76 bits per heavy atom. The van der Waals surface area contributed by atoms with E-state index >= 15 is 0 Å². The number of ether oxygens (including phenoxy) is 1. The predicted octanol–water partition coefficient (Wildman–Crippen LogP) is 3.76. The third-order valence-corrected chi connectivity index (χ3v) is 7.54. The zero-order valence-electron chi connectivity index (χ0n) is 13.5. The molecule has 0 aliphatic carbocycles. The van der Waals surface area contributed by atoms with Crippen LogP contribution >= 0.6 is 23.5 Å². The van der Waals surface area contributed by atoms with Gasteiger partial charge in [-0.15, -0.1) is 0 Å². The van der Waals surface area contributed by atoms with Gasteiger partial charge in [0.05, 0.1) is 7.11 Å². The summed E-state index contributed by atoms with van der Waals surface area (Å²) >= 11 is 4.29. The van der Waals surface area contributed by atoms with E-state index in [9.17, 15) is 0 Å². The predicted molar refractivity (Wildman–Crippen MR) is 97.1 cm³/mol. The quantitative estimate of drug-likeness (QED) is 0.859. The summed E-state index contributed by atoms with van der Waals surface area (Å²) in [7, 11) is 3.86. The highest BCUT2D eigenvalue weighted by Gasteiger charge is 2.31. The van der Waals surface area contributed by atoms with Crippen LogP contribution in [0.15, 0.2) is 18.2 Å². The second-order valence-corrected chi connectivity index (χ2v) is 8.20. The van der Waals surface area contributed by atoms with Crippen molar-refractivity contribution >= 4 is 23.5 Å². The molecule has 3 atom stereocenters. The second-order valence-electron chi connectivity index (χ2n) is 5.57. The zero-order valence-corrected chi connectivity index (χ0v) is 15.2. The molecule has 0 amide bonds. The van der Waals surface area contributed by atoms with Crippen molar-refractivity contribution in [2.45, 2.75) is 43.2 Å². The van der Waals surface area contributed by atoms with Gasteiger partial charge >= 0.3 is 0 Å². The summed E-state index contributed by atoms with van der Waals surface area (Å²) in [4.78, 5) is 0. The van der Waals surface area contributed by atoms with Gasteiger partial charge in [-0.05, 0) is 38.4 Å². The number of hydrogen-bond acceptors (Lipinski definition) is 4. The number of likely N-dealkylation sites (N-methyl/N-ethyl adjacent to an activating group) is 1. The van der Waals surface area contributed by atoms with E-state index in [0.717, 1.165) is 17.4 Å². The fourth-order valence-electron chi connectivity index (χ4n) is 3.00. The van der Waals surface area contributed by atoms with E-state index in [4.69, 9.17) is 4.74 Å². The minimum Gasteiger partial charge on any atom is -0.496 e. The minimum absolute atomic E-state index is 0.503. The molecule has 4 heteroatoms. The number of benzene rings is 1. The molecule has 2 rings (SSSR count). The van der Waals surface area contributed by atoms with Gasteiger partial charge in [-0.25, -0.2) is 0 Å². The van der Waals surface area contributed by atoms with Crippen LogP contribution in [0.25, 0.3) is 0 Å². The lowest BCUT2D eigenvalue weighted by molar-refractivity contribution is 0.404. The first-order valence-electron chi connectivity index (χ1n) is 7.73. The normalized spacial score (nSPS) is 23.8. The Balaban J connectivity index is 2.16. The molecule has 1 N–H and O–H groups in total. The Hall–Kier alpha value is -0.320. The summed E-state index contributed by atoms with van der Waals surface area (Å²) in [5.41, 5.74) is 2.63. The summed E-state index contributed by atoms with van der Waals surface area (Å²) in [5, 5.41) is 5.01. The maximum Gasteiger partial charge on any atom is 0.122 e. The fourth-order valence-corrected chi connectivity index (χ4v) is 6.30. The smallest absolute Gasteiger partial charge is 0.122 e. The Morgan fingerprint density at radius 1 is 1.33 bits per heavy atom. The first-order chi connectivity index (χ1) is 10.2. The standard InChI is InChI=1S/C17H27NOS2/c1-5-16-17(21-9-8-20-16)14(18-3)11-13-10-12(2)6-7-15(13)19-4/h6-7,10,14,16-18H,5,8-9,11H2,1-4H3. The van der Waals surface area contributed by atoms with Gasteiger partial charge in [0.1, 0.15) is 5.75 Å². The van der Waals surface area contributed by atoms with E-state index in [1.165, 1.54) is 29.1 Å². The third kappa shape index (κ3) is 4.33. The number of aryl methyl sites for hydroxylation is 1. The average molecular weight is 326 g/mol. The molecule has 21 heavy (non-hydrogen) atoms. The number of nitrogens with one attached hydrogen (secondary N) is 1. The van der Waals surface area contributed by atoms with Crippen LogP contribution in [0.2, 0.25) is 0 Å². The highest BCUT2D eigenvalue weighted by atomic mass is 32.2. The molecule has 1 saturated heterocycles. The lowest BCUT2D eigenvalue weighted by Gasteiger charge is -2.36. The molecule has 1 fully saturated rings. The van der Waals surface area contributed by atoms with E-state index < -0.39 is 0 Å². The molecule has 0 spiro atoms. The van der Waals surface area contributed by atoms with Gasteiger partial charge in [0, 0.05) is 28.0 Å². The van der Waals surface area contributed by atoms with Crippen LogP contribution in [0.3, 0.4) is 0 Å². The van der Waals surface area contributed by atoms with E-state index in [1.807, 2.05) is 0 Å². The molecule has 1 aliphatic rings. The summed E-state index contributed by atoms with van der Waals surface area (Å²) < 4.78 is 5.55. The van der Waals surface area contributed by atoms with Crippen molar-refractivity contribution in [3.05, 3.63) is 29.3 Å². The Bertz CT molecular complexity index is 452. The van der Waals surface area contributed by atoms with Gasteiger partial charge < -0.3 is 10.1 Å². The zero-order chi connectivity index (χ0) is 15.2. The lowest BCUT2D eigenvalue weighted by Crippen LogP contribution is -2.45. The second kappa shape index (κ2) is 8.35. The average Bonchev–Trinajstić information content (AvgIpc) is 2.52. The third-order valence-electron chi connectivity index (χ3n) is 4.14. The molecule has 1 aromatic rings. The highest BCUT2D eigenvalue weighted by Crippen LogP contribution is 2.36. The van der Waals surface area contributed by atoms with Crippen LogP contribution in [0.1, 0.15) is 24.5 Å². The first-order valence-corrected chi connectivity index (χ1v) is 9.83. The van der Waals surface area contributed by atoms with Crippen molar-refractivity contribution in [1.29, 1.82) is 0 Å². The van der Waals surface area contributed by atoms with Crippen molar-refractivity contribution in [1.82, 2.24) is 5.32 Å². The summed E-state index contributed by atoms with van der Waals surface area (Å²) in [5.74, 6) is 3.58. The molecule has 118 valence electrons. The van der Waals surface area contributed by atoms with Crippen LogP contribution in [-0.2, 0) is 6.42 Å². The van der Waals surface area contributed by atoms with E-state index in [2.05, 4.69) is 67.9 Å². The van der Waals surface area contributed by atoms with E-state index in [1.54, 1.807) is 7.11 Å². The van der Waals surface area contributed by atoms with Crippen molar-refractivity contribution in [3.63, 3.8) is 0 Å². The van der Waals surface area contributed by atoms with Gasteiger partial charge in [0.15, 0.2) is 0 Å². The maximum atomic E-state index is 5.55. The van der Waals surface area contributed by atoms with Crippen molar-refractivity contribution in [3.8, 4) is 5.75 Å². The number of hydrogen-bond donors (Lipinski definition) is 1. The maximum absolute atomic E-state index is 5.55. The van der Waals surface area contributed by atoms with Crippen LogP contribution in [0.4, 0.5) is 0 Å². The molecule has 1 aliphatic heterocycles. The topological polar surface area (TPSA) is 21.3 Å². The van der Waals surface area contributed by atoms with Gasteiger partial charge in [-0.1, -0.05) is 24.6 Å². The number of methoxy groups -OCH3 is 1. The van der Waals surface area contributed by atoms with Crippen molar-refractivity contribution in [2.24, 2.45) is 0 Å². The molecule has 0 saturated carbocycles. The van der Waals surface area contributed by atoms with Gasteiger partial charge in [0.25, 0.3) is 0 Å². The van der Waals surface area contributed by atoms with Crippen molar-refractivity contribution < 1.29 is 4.74 Å². The SMILES string of the molecule is CCC1SCCSC1C(Cc1cc(C)ccc1OC)NC. The molecule has 2 nitrogen and oxygen atoms in total. The van der Waals surface area contributed by atoms with Gasteiger partial charge in [-0.2, -0.15) is 23.5 Å². The molecule has 0 radical (unpaired) electrons. The van der Waals surface area contributed by atoms with Crippen LogP contribution in [0, 0.1) is 6.92 Å².